The second-order valence-electron chi connectivity index (χ2n) is 7.97. The van der Waals surface area contributed by atoms with Crippen molar-refractivity contribution in [1.29, 1.82) is 0 Å². The van der Waals surface area contributed by atoms with E-state index in [1.165, 1.54) is 12.1 Å². The SMILES string of the molecule is Cc1cc(C)n(-c2cc(N3CCN(C(=O)C(C)Oc4ccccc4F)CC3)nc(C)n2)n1. The summed E-state index contributed by atoms with van der Waals surface area (Å²) in [6, 6.07) is 10.0. The van der Waals surface area contributed by atoms with Crippen molar-refractivity contribution in [3.05, 3.63) is 59.4 Å². The zero-order valence-corrected chi connectivity index (χ0v) is 18.7. The maximum Gasteiger partial charge on any atom is 0.263 e. The van der Waals surface area contributed by atoms with Gasteiger partial charge in [-0.1, -0.05) is 12.1 Å². The van der Waals surface area contributed by atoms with Gasteiger partial charge >= 0.3 is 0 Å². The average molecular weight is 439 g/mol. The van der Waals surface area contributed by atoms with Crippen LogP contribution in [0.3, 0.4) is 0 Å². The van der Waals surface area contributed by atoms with E-state index >= 15 is 0 Å². The molecule has 9 heteroatoms. The van der Waals surface area contributed by atoms with Gasteiger partial charge in [-0.3, -0.25) is 4.79 Å². The fourth-order valence-corrected chi connectivity index (χ4v) is 3.86. The number of aromatic nitrogens is 4. The van der Waals surface area contributed by atoms with Crippen LogP contribution in [0.25, 0.3) is 5.82 Å². The van der Waals surface area contributed by atoms with Crippen molar-refractivity contribution in [2.75, 3.05) is 31.1 Å². The molecule has 1 aliphatic heterocycles. The van der Waals surface area contributed by atoms with Gasteiger partial charge in [0.2, 0.25) is 0 Å². The fraction of sp³-hybridized carbons (Fsp3) is 0.391. The molecular formula is C23H27FN6O2. The lowest BCUT2D eigenvalue weighted by molar-refractivity contribution is -0.138. The summed E-state index contributed by atoms with van der Waals surface area (Å²) in [5, 5.41) is 4.52. The number of para-hydroxylation sites is 1. The number of hydrogen-bond acceptors (Lipinski definition) is 6. The normalized spacial score (nSPS) is 15.0. The summed E-state index contributed by atoms with van der Waals surface area (Å²) in [6.07, 6.45) is -0.766. The summed E-state index contributed by atoms with van der Waals surface area (Å²) in [6.45, 7) is 9.77. The molecule has 32 heavy (non-hydrogen) atoms. The van der Waals surface area contributed by atoms with Crippen LogP contribution in [0, 0.1) is 26.6 Å². The average Bonchev–Trinajstić information content (AvgIpc) is 3.12. The van der Waals surface area contributed by atoms with Crippen molar-refractivity contribution in [2.24, 2.45) is 0 Å². The van der Waals surface area contributed by atoms with Crippen LogP contribution in [-0.2, 0) is 4.79 Å². The van der Waals surface area contributed by atoms with Gasteiger partial charge in [0.15, 0.2) is 23.5 Å². The number of carbonyl (C=O) groups excluding carboxylic acids is 1. The standard InChI is InChI=1S/C23H27FN6O2/c1-15-13-16(2)30(27-15)22-14-21(25-18(4)26-22)28-9-11-29(12-10-28)23(31)17(3)32-20-8-6-5-7-19(20)24/h5-8,13-14,17H,9-12H2,1-4H3. The number of amides is 1. The number of aryl methyl sites for hydroxylation is 3. The Bertz CT molecular complexity index is 1120. The minimum Gasteiger partial charge on any atom is -0.478 e. The van der Waals surface area contributed by atoms with Crippen molar-refractivity contribution in [1.82, 2.24) is 24.6 Å². The zero-order valence-electron chi connectivity index (χ0n) is 18.7. The van der Waals surface area contributed by atoms with Crippen molar-refractivity contribution in [3.8, 4) is 11.6 Å². The highest BCUT2D eigenvalue weighted by Gasteiger charge is 2.27. The van der Waals surface area contributed by atoms with E-state index in [-0.39, 0.29) is 11.7 Å². The summed E-state index contributed by atoms with van der Waals surface area (Å²) in [7, 11) is 0. The maximum absolute atomic E-state index is 13.8. The summed E-state index contributed by atoms with van der Waals surface area (Å²) in [4.78, 5) is 25.8. The topological polar surface area (TPSA) is 76.4 Å². The van der Waals surface area contributed by atoms with E-state index in [1.54, 1.807) is 24.0 Å². The van der Waals surface area contributed by atoms with E-state index < -0.39 is 11.9 Å². The third-order valence-electron chi connectivity index (χ3n) is 5.44. The van der Waals surface area contributed by atoms with Gasteiger partial charge in [-0.2, -0.15) is 5.10 Å². The number of hydrogen-bond donors (Lipinski definition) is 0. The fourth-order valence-electron chi connectivity index (χ4n) is 3.86. The molecule has 1 aliphatic rings. The largest absolute Gasteiger partial charge is 0.478 e. The van der Waals surface area contributed by atoms with Gasteiger partial charge in [-0.05, 0) is 45.9 Å². The molecule has 168 valence electrons. The molecule has 8 nitrogen and oxygen atoms in total. The lowest BCUT2D eigenvalue weighted by atomic mass is 10.2. The van der Waals surface area contributed by atoms with Crippen LogP contribution in [0.1, 0.15) is 24.1 Å². The van der Waals surface area contributed by atoms with Gasteiger partial charge in [0.1, 0.15) is 11.6 Å². The van der Waals surface area contributed by atoms with Crippen molar-refractivity contribution < 1.29 is 13.9 Å². The van der Waals surface area contributed by atoms with Gasteiger partial charge < -0.3 is 14.5 Å². The molecule has 0 spiro atoms. The first kappa shape index (κ1) is 21.7. The number of rotatable bonds is 5. The Balaban J connectivity index is 1.42. The molecule has 3 aromatic rings. The third-order valence-corrected chi connectivity index (χ3v) is 5.44. The highest BCUT2D eigenvalue weighted by molar-refractivity contribution is 5.81. The second-order valence-corrected chi connectivity index (χ2v) is 7.97. The lowest BCUT2D eigenvalue weighted by Gasteiger charge is -2.36. The van der Waals surface area contributed by atoms with Crippen LogP contribution in [0.5, 0.6) is 5.75 Å². The predicted molar refractivity (Wildman–Crippen MR) is 119 cm³/mol. The maximum atomic E-state index is 13.8. The van der Waals surface area contributed by atoms with Gasteiger partial charge in [0.25, 0.3) is 5.91 Å². The van der Waals surface area contributed by atoms with Crippen molar-refractivity contribution in [2.45, 2.75) is 33.8 Å². The highest BCUT2D eigenvalue weighted by atomic mass is 19.1. The second kappa shape index (κ2) is 8.94. The van der Waals surface area contributed by atoms with Gasteiger partial charge in [-0.15, -0.1) is 0 Å². The van der Waals surface area contributed by atoms with Gasteiger partial charge in [0.05, 0.1) is 5.69 Å². The van der Waals surface area contributed by atoms with Gasteiger partial charge in [0, 0.05) is 37.9 Å². The van der Waals surface area contributed by atoms with Crippen LogP contribution in [-0.4, -0.2) is 62.8 Å². The molecule has 0 radical (unpaired) electrons. The number of halogens is 1. The summed E-state index contributed by atoms with van der Waals surface area (Å²) in [5.74, 6) is 1.64. The molecule has 0 saturated carbocycles. The molecular weight excluding hydrogens is 411 g/mol. The highest BCUT2D eigenvalue weighted by Crippen LogP contribution is 2.21. The summed E-state index contributed by atoms with van der Waals surface area (Å²) >= 11 is 0. The molecule has 1 fully saturated rings. The molecule has 1 aromatic carbocycles. The molecule has 0 N–H and O–H groups in total. The number of ether oxygens (including phenoxy) is 1. The van der Waals surface area contributed by atoms with E-state index in [0.29, 0.717) is 32.0 Å². The molecule has 1 atom stereocenters. The summed E-state index contributed by atoms with van der Waals surface area (Å²) < 4.78 is 21.2. The van der Waals surface area contributed by atoms with Crippen LogP contribution in [0.15, 0.2) is 36.4 Å². The number of carbonyl (C=O) groups is 1. The Morgan fingerprint density at radius 3 is 2.38 bits per heavy atom. The molecule has 1 amide bonds. The smallest absolute Gasteiger partial charge is 0.263 e. The summed E-state index contributed by atoms with van der Waals surface area (Å²) in [5.41, 5.74) is 1.94. The molecule has 1 saturated heterocycles. The first-order valence-electron chi connectivity index (χ1n) is 10.7. The Kier molecular flexibility index (Phi) is 6.07. The molecule has 0 bridgehead atoms. The first-order valence-corrected chi connectivity index (χ1v) is 10.7. The first-order chi connectivity index (χ1) is 15.3. The van der Waals surface area contributed by atoms with Crippen molar-refractivity contribution in [3.63, 3.8) is 0 Å². The monoisotopic (exact) mass is 438 g/mol. The zero-order chi connectivity index (χ0) is 22.8. The van der Waals surface area contributed by atoms with E-state index in [0.717, 1.165) is 23.0 Å². The van der Waals surface area contributed by atoms with E-state index in [4.69, 9.17) is 4.74 Å². The van der Waals surface area contributed by atoms with Crippen LogP contribution in [0.4, 0.5) is 10.2 Å². The van der Waals surface area contributed by atoms with Crippen LogP contribution >= 0.6 is 0 Å². The van der Waals surface area contributed by atoms with Crippen LogP contribution < -0.4 is 9.64 Å². The molecule has 1 unspecified atom stereocenters. The lowest BCUT2D eigenvalue weighted by Crippen LogP contribution is -2.52. The van der Waals surface area contributed by atoms with E-state index in [1.807, 2.05) is 37.6 Å². The Labute approximate surface area is 186 Å². The third kappa shape index (κ3) is 4.56. The van der Waals surface area contributed by atoms with E-state index in [9.17, 15) is 9.18 Å². The molecule has 0 aliphatic carbocycles. The van der Waals surface area contributed by atoms with Crippen molar-refractivity contribution >= 4 is 11.7 Å². The minimum atomic E-state index is -0.766. The molecule has 2 aromatic heterocycles. The number of benzene rings is 1. The predicted octanol–water partition coefficient (Wildman–Crippen LogP) is 2.84. The molecule has 4 rings (SSSR count). The minimum absolute atomic E-state index is 0.0835. The van der Waals surface area contributed by atoms with Gasteiger partial charge in [-0.25, -0.2) is 19.0 Å². The Morgan fingerprint density at radius 2 is 1.72 bits per heavy atom. The number of piperazine rings is 1. The van der Waals surface area contributed by atoms with E-state index in [2.05, 4.69) is 20.0 Å². The Hall–Kier alpha value is -3.49. The molecule has 3 heterocycles. The Morgan fingerprint density at radius 1 is 1.03 bits per heavy atom. The van der Waals surface area contributed by atoms with Crippen LogP contribution in [0.2, 0.25) is 0 Å². The number of nitrogens with zero attached hydrogens (tertiary/aromatic N) is 6. The quantitative estimate of drug-likeness (QED) is 0.610. The number of anilines is 1.